The maximum Gasteiger partial charge on any atom is 0.226 e. The van der Waals surface area contributed by atoms with Crippen molar-refractivity contribution < 1.29 is 9.53 Å². The van der Waals surface area contributed by atoms with Gasteiger partial charge in [0, 0.05) is 11.3 Å². The van der Waals surface area contributed by atoms with E-state index in [2.05, 4.69) is 28.1 Å². The lowest BCUT2D eigenvalue weighted by Crippen LogP contribution is -2.37. The molecule has 0 atom stereocenters. The molecule has 1 aliphatic rings. The molecular weight excluding hydrogens is 336 g/mol. The summed E-state index contributed by atoms with van der Waals surface area (Å²) in [5.74, 6) is 1.17. The molecule has 1 amide bonds. The van der Waals surface area contributed by atoms with Crippen molar-refractivity contribution >= 4 is 35.2 Å². The maximum atomic E-state index is 11.8. The van der Waals surface area contributed by atoms with Crippen molar-refractivity contribution in [2.24, 2.45) is 15.7 Å². The summed E-state index contributed by atoms with van der Waals surface area (Å²) in [6, 6.07) is 7.86. The standard InChI is InChI=1S/C16H20N4O2S.C2H2/c1-22-10-6-2-3-9-15(21)20-16(17)19-14-11-23-13-8-5-4-7-12(13)18-14;1-2/h4-8,10H,2-3,9,11H2,1H3,(H3,17,18,19,20,21);1-2H/b10-6-;. The summed E-state index contributed by atoms with van der Waals surface area (Å²) in [6.07, 6.45) is 13.4. The lowest BCUT2D eigenvalue weighted by atomic mass is 10.2. The zero-order chi connectivity index (χ0) is 18.5. The molecule has 0 saturated heterocycles. The Hall–Kier alpha value is -2.72. The normalized spacial score (nSPS) is 13.2. The molecule has 3 N–H and O–H groups in total. The van der Waals surface area contributed by atoms with E-state index in [0.717, 1.165) is 23.4 Å². The average molecular weight is 358 g/mol. The van der Waals surface area contributed by atoms with Crippen molar-refractivity contribution in [3.8, 4) is 12.8 Å². The minimum atomic E-state index is -0.151. The van der Waals surface area contributed by atoms with Gasteiger partial charge in [0.1, 0.15) is 5.84 Å². The second-order valence-corrected chi connectivity index (χ2v) is 5.85. The first-order valence-corrected chi connectivity index (χ1v) is 8.62. The number of benzene rings is 1. The molecule has 0 aromatic heterocycles. The molecule has 0 spiro atoms. The van der Waals surface area contributed by atoms with Crippen LogP contribution < -0.4 is 11.1 Å². The first-order chi connectivity index (χ1) is 12.2. The number of unbranched alkanes of at least 4 members (excludes halogenated alkanes) is 1. The van der Waals surface area contributed by atoms with Gasteiger partial charge in [-0.15, -0.1) is 24.6 Å². The van der Waals surface area contributed by atoms with Crippen molar-refractivity contribution in [2.45, 2.75) is 24.2 Å². The van der Waals surface area contributed by atoms with Gasteiger partial charge in [-0.25, -0.2) is 4.99 Å². The summed E-state index contributed by atoms with van der Waals surface area (Å²) >= 11 is 1.65. The Labute approximate surface area is 152 Å². The zero-order valence-corrected chi connectivity index (χ0v) is 15.0. The number of guanidine groups is 1. The Bertz CT molecular complexity index is 681. The maximum absolute atomic E-state index is 11.8. The number of carbonyl (C=O) groups excluding carboxylic acids is 1. The van der Waals surface area contributed by atoms with Gasteiger partial charge >= 0.3 is 0 Å². The van der Waals surface area contributed by atoms with Gasteiger partial charge in [-0.2, -0.15) is 4.99 Å². The summed E-state index contributed by atoms with van der Waals surface area (Å²) in [7, 11) is 1.59. The zero-order valence-electron chi connectivity index (χ0n) is 14.1. The largest absolute Gasteiger partial charge is 0.505 e. The number of carbonyl (C=O) groups is 1. The van der Waals surface area contributed by atoms with E-state index in [9.17, 15) is 4.79 Å². The number of nitrogens with two attached hydrogens (primary N) is 1. The van der Waals surface area contributed by atoms with Crippen molar-refractivity contribution in [1.29, 1.82) is 0 Å². The van der Waals surface area contributed by atoms with Crippen LogP contribution in [0.5, 0.6) is 0 Å². The van der Waals surface area contributed by atoms with Crippen LogP contribution in [0.4, 0.5) is 5.69 Å². The quantitative estimate of drug-likeness (QED) is 0.278. The molecule has 1 heterocycles. The Morgan fingerprint density at radius 3 is 3.00 bits per heavy atom. The minimum absolute atomic E-state index is 0.0844. The molecule has 0 saturated carbocycles. The van der Waals surface area contributed by atoms with Gasteiger partial charge in [-0.3, -0.25) is 10.1 Å². The number of hydrogen-bond acceptors (Lipinski definition) is 5. The topological polar surface area (TPSA) is 89.1 Å². The number of terminal acetylenes is 1. The number of allylic oxidation sites excluding steroid dienone is 1. The summed E-state index contributed by atoms with van der Waals surface area (Å²) < 4.78 is 4.79. The summed E-state index contributed by atoms with van der Waals surface area (Å²) in [6.45, 7) is 0. The molecule has 0 bridgehead atoms. The van der Waals surface area contributed by atoms with Crippen molar-refractivity contribution in [3.05, 3.63) is 36.6 Å². The number of aliphatic imine (C=N–C) groups is 2. The van der Waals surface area contributed by atoms with Gasteiger partial charge in [0.2, 0.25) is 11.9 Å². The van der Waals surface area contributed by atoms with E-state index in [1.165, 1.54) is 0 Å². The molecule has 0 radical (unpaired) electrons. The number of para-hydroxylation sites is 1. The van der Waals surface area contributed by atoms with Gasteiger partial charge < -0.3 is 10.5 Å². The Kier molecular flexibility index (Phi) is 9.56. The first kappa shape index (κ1) is 20.3. The van der Waals surface area contributed by atoms with E-state index in [1.807, 2.05) is 30.3 Å². The lowest BCUT2D eigenvalue weighted by Gasteiger charge is -2.12. The number of nitrogens with one attached hydrogen (secondary N) is 1. The molecule has 0 fully saturated rings. The van der Waals surface area contributed by atoms with Crippen LogP contribution in [-0.2, 0) is 9.53 Å². The molecule has 6 nitrogen and oxygen atoms in total. The minimum Gasteiger partial charge on any atom is -0.505 e. The molecular formula is C18H22N4O2S. The molecule has 132 valence electrons. The highest BCUT2D eigenvalue weighted by molar-refractivity contribution is 8.00. The van der Waals surface area contributed by atoms with Gasteiger partial charge in [-0.1, -0.05) is 12.1 Å². The summed E-state index contributed by atoms with van der Waals surface area (Å²) in [4.78, 5) is 21.5. The van der Waals surface area contributed by atoms with Crippen LogP contribution >= 0.6 is 11.8 Å². The van der Waals surface area contributed by atoms with Gasteiger partial charge in [0.05, 0.1) is 24.8 Å². The van der Waals surface area contributed by atoms with E-state index in [4.69, 9.17) is 10.5 Å². The number of fused-ring (bicyclic) bond motifs is 1. The number of nitrogens with zero attached hydrogens (tertiary/aromatic N) is 2. The Morgan fingerprint density at radius 2 is 2.24 bits per heavy atom. The van der Waals surface area contributed by atoms with E-state index < -0.39 is 0 Å². The van der Waals surface area contributed by atoms with Gasteiger partial charge in [0.25, 0.3) is 0 Å². The number of rotatable bonds is 5. The monoisotopic (exact) mass is 358 g/mol. The van der Waals surface area contributed by atoms with E-state index in [0.29, 0.717) is 18.0 Å². The fourth-order valence-electron chi connectivity index (χ4n) is 1.96. The SMILES string of the molecule is C#C.CO/C=C\CCCC(=O)NC(N)=NC1=Nc2ccccc2SC1. The molecule has 25 heavy (non-hydrogen) atoms. The van der Waals surface area contributed by atoms with Crippen molar-refractivity contribution in [2.75, 3.05) is 12.9 Å². The van der Waals surface area contributed by atoms with Crippen molar-refractivity contribution in [1.82, 2.24) is 5.32 Å². The third kappa shape index (κ3) is 7.59. The molecule has 1 aromatic rings. The van der Waals surface area contributed by atoms with E-state index in [-0.39, 0.29) is 11.9 Å². The lowest BCUT2D eigenvalue weighted by molar-refractivity contribution is -0.119. The third-order valence-electron chi connectivity index (χ3n) is 3.00. The molecule has 7 heteroatoms. The van der Waals surface area contributed by atoms with Crippen LogP contribution in [0.2, 0.25) is 0 Å². The number of ether oxygens (including phenoxy) is 1. The third-order valence-corrected chi connectivity index (χ3v) is 4.05. The van der Waals surface area contributed by atoms with Gasteiger partial charge in [0.15, 0.2) is 0 Å². The fourth-order valence-corrected chi connectivity index (χ4v) is 2.81. The average Bonchev–Trinajstić information content (AvgIpc) is 2.63. The number of hydrogen-bond donors (Lipinski definition) is 2. The second-order valence-electron chi connectivity index (χ2n) is 4.83. The van der Waals surface area contributed by atoms with E-state index >= 15 is 0 Å². The summed E-state index contributed by atoms with van der Waals surface area (Å²) in [5.41, 5.74) is 6.65. The van der Waals surface area contributed by atoms with E-state index in [1.54, 1.807) is 25.1 Å². The molecule has 1 aliphatic heterocycles. The Morgan fingerprint density at radius 1 is 1.48 bits per heavy atom. The van der Waals surface area contributed by atoms with Crippen LogP contribution in [0.15, 0.2) is 51.5 Å². The molecule has 2 rings (SSSR count). The smallest absolute Gasteiger partial charge is 0.226 e. The van der Waals surface area contributed by atoms with Crippen molar-refractivity contribution in [3.63, 3.8) is 0 Å². The number of methoxy groups -OCH3 is 1. The van der Waals surface area contributed by atoms with Crippen LogP contribution in [0.1, 0.15) is 19.3 Å². The molecule has 0 aliphatic carbocycles. The first-order valence-electron chi connectivity index (χ1n) is 7.63. The number of amides is 1. The Balaban J connectivity index is 0.00000151. The molecule has 1 aromatic carbocycles. The van der Waals surface area contributed by atoms with Gasteiger partial charge in [-0.05, 0) is 31.1 Å². The van der Waals surface area contributed by atoms with Crippen LogP contribution in [-0.4, -0.2) is 30.6 Å². The van der Waals surface area contributed by atoms with Crippen LogP contribution in [0.3, 0.4) is 0 Å². The summed E-state index contributed by atoms with van der Waals surface area (Å²) in [5, 5.41) is 2.59. The second kappa shape index (κ2) is 11.8. The number of amidine groups is 1. The van der Waals surface area contributed by atoms with Crippen LogP contribution in [0, 0.1) is 12.8 Å². The predicted octanol–water partition coefficient (Wildman–Crippen LogP) is 2.83. The molecule has 0 unspecified atom stereocenters. The highest BCUT2D eigenvalue weighted by Crippen LogP contribution is 2.33. The highest BCUT2D eigenvalue weighted by Gasteiger charge is 2.12. The predicted molar refractivity (Wildman–Crippen MR) is 104 cm³/mol. The highest BCUT2D eigenvalue weighted by atomic mass is 32.2. The van der Waals surface area contributed by atoms with Crippen LogP contribution in [0.25, 0.3) is 0 Å². The number of thioether (sulfide) groups is 1. The fraction of sp³-hybridized carbons (Fsp3) is 0.278.